The van der Waals surface area contributed by atoms with Crippen molar-refractivity contribution < 1.29 is 23.0 Å². The second-order valence-electron chi connectivity index (χ2n) is 8.83. The maximum atomic E-state index is 13.5. The molecule has 36 heavy (non-hydrogen) atoms. The molecule has 1 atom stereocenters. The van der Waals surface area contributed by atoms with Gasteiger partial charge in [-0.25, -0.2) is 18.7 Å². The Kier molecular flexibility index (Phi) is 6.29. The number of fused-ring (bicyclic) bond motifs is 3. The molecule has 1 amide bonds. The molecule has 1 saturated heterocycles. The molecule has 3 heterocycles. The summed E-state index contributed by atoms with van der Waals surface area (Å²) in [7, 11) is 1.59. The van der Waals surface area contributed by atoms with Crippen molar-refractivity contribution in [3.63, 3.8) is 0 Å². The number of hydrogen-bond donors (Lipinski definition) is 2. The number of hydrogen-bond acceptors (Lipinski definition) is 7. The van der Waals surface area contributed by atoms with Gasteiger partial charge in [-0.1, -0.05) is 6.07 Å². The van der Waals surface area contributed by atoms with Crippen LogP contribution in [0.4, 0.5) is 14.7 Å². The van der Waals surface area contributed by atoms with Gasteiger partial charge in [0, 0.05) is 24.4 Å². The lowest BCUT2D eigenvalue weighted by atomic mass is 10.1. The number of aromatic nitrogens is 4. The first kappa shape index (κ1) is 23.7. The van der Waals surface area contributed by atoms with E-state index in [0.717, 1.165) is 25.3 Å². The van der Waals surface area contributed by atoms with E-state index in [0.29, 0.717) is 41.1 Å². The molecule has 2 aromatic heterocycles. The van der Waals surface area contributed by atoms with Crippen molar-refractivity contribution >= 4 is 28.4 Å². The fourth-order valence-electron chi connectivity index (χ4n) is 4.12. The average Bonchev–Trinajstić information content (AvgIpc) is 3.22. The molecule has 5 rings (SSSR count). The molecular weight excluding hydrogens is 470 g/mol. The minimum atomic E-state index is -3.01. The highest BCUT2D eigenvalue weighted by Gasteiger charge is 2.26. The normalized spacial score (nSPS) is 16.6. The number of anilines is 1. The first-order valence-electron chi connectivity index (χ1n) is 11.7. The summed E-state index contributed by atoms with van der Waals surface area (Å²) in [6.07, 6.45) is 2.37. The van der Waals surface area contributed by atoms with Gasteiger partial charge in [-0.15, -0.1) is 5.10 Å². The van der Waals surface area contributed by atoms with Crippen LogP contribution in [0, 0.1) is 0 Å². The van der Waals surface area contributed by atoms with Gasteiger partial charge < -0.3 is 20.1 Å². The van der Waals surface area contributed by atoms with Gasteiger partial charge in [0.05, 0.1) is 7.11 Å². The van der Waals surface area contributed by atoms with Gasteiger partial charge in [0.1, 0.15) is 23.1 Å². The predicted molar refractivity (Wildman–Crippen MR) is 131 cm³/mol. The van der Waals surface area contributed by atoms with E-state index in [9.17, 15) is 13.6 Å². The van der Waals surface area contributed by atoms with Crippen LogP contribution in [0.3, 0.4) is 0 Å². The van der Waals surface area contributed by atoms with Crippen molar-refractivity contribution in [2.75, 3.05) is 25.6 Å². The quantitative estimate of drug-likeness (QED) is 0.398. The Morgan fingerprint density at radius 2 is 1.97 bits per heavy atom. The number of para-hydroxylation sites is 1. The number of halogens is 2. The van der Waals surface area contributed by atoms with Crippen molar-refractivity contribution in [1.82, 2.24) is 24.9 Å². The zero-order valence-corrected chi connectivity index (χ0v) is 19.9. The maximum Gasteiger partial charge on any atom is 0.278 e. The molecule has 4 aromatic rings. The van der Waals surface area contributed by atoms with Gasteiger partial charge in [-0.2, -0.15) is 4.52 Å². The van der Waals surface area contributed by atoms with Gasteiger partial charge in [-0.05, 0) is 55.7 Å². The molecule has 0 bridgehead atoms. The average molecular weight is 497 g/mol. The monoisotopic (exact) mass is 496 g/mol. The predicted octanol–water partition coefficient (Wildman–Crippen LogP) is 4.07. The molecule has 1 unspecified atom stereocenters. The van der Waals surface area contributed by atoms with Crippen LogP contribution in [0.2, 0.25) is 0 Å². The number of methoxy groups -OCH3 is 1. The number of carbonyl (C=O) groups excluding carboxylic acids is 1. The number of ether oxygens (including phenoxy) is 2. The van der Waals surface area contributed by atoms with Crippen LogP contribution in [0.25, 0.3) is 27.9 Å². The van der Waals surface area contributed by atoms with Gasteiger partial charge in [0.2, 0.25) is 11.9 Å². The van der Waals surface area contributed by atoms with Crippen LogP contribution < -0.4 is 20.1 Å². The van der Waals surface area contributed by atoms with Crippen LogP contribution in [0.15, 0.2) is 42.5 Å². The molecule has 11 heteroatoms. The number of benzene rings is 2. The summed E-state index contributed by atoms with van der Waals surface area (Å²) in [6, 6.07) is 11.8. The Hall–Kier alpha value is -4.02. The molecule has 2 N–H and O–H groups in total. The third kappa shape index (κ3) is 4.86. The molecule has 0 aliphatic carbocycles. The zero-order valence-electron chi connectivity index (χ0n) is 19.9. The van der Waals surface area contributed by atoms with Crippen LogP contribution in [0.5, 0.6) is 11.5 Å². The third-order valence-electron chi connectivity index (χ3n) is 5.93. The molecule has 0 spiro atoms. The Morgan fingerprint density at radius 1 is 1.17 bits per heavy atom. The fourth-order valence-corrected chi connectivity index (χ4v) is 4.12. The molecule has 0 saturated carbocycles. The van der Waals surface area contributed by atoms with Gasteiger partial charge in [-0.3, -0.25) is 4.79 Å². The molecular formula is C25H26F2N6O3. The van der Waals surface area contributed by atoms with Gasteiger partial charge >= 0.3 is 0 Å². The Morgan fingerprint density at radius 3 is 2.72 bits per heavy atom. The number of carbonyl (C=O) groups is 1. The molecule has 1 aliphatic rings. The molecule has 0 radical (unpaired) electrons. The van der Waals surface area contributed by atoms with E-state index >= 15 is 0 Å². The van der Waals surface area contributed by atoms with Gasteiger partial charge in [0.15, 0.2) is 18.1 Å². The van der Waals surface area contributed by atoms with Crippen molar-refractivity contribution in [3.05, 3.63) is 42.5 Å². The molecule has 1 fully saturated rings. The number of nitrogens with zero attached hydrogens (tertiary/aromatic N) is 4. The van der Waals surface area contributed by atoms with Crippen molar-refractivity contribution in [1.29, 1.82) is 0 Å². The standard InChI is InChI=1S/C25H26F2N6O3/c1-25(26,27)14-36-19-8-5-6-17-20(19)30-24(29-18-7-3-4-13-28-23(18)34)33-22(17)31-21(32-33)15-9-11-16(35-2)12-10-15/h5-6,8-12,18H,3-4,7,13-14H2,1-2H3,(H,28,34)(H,29,30). The Labute approximate surface area is 205 Å². The van der Waals surface area contributed by atoms with Gasteiger partial charge in [0.25, 0.3) is 5.92 Å². The summed E-state index contributed by atoms with van der Waals surface area (Å²) in [4.78, 5) is 22.0. The first-order chi connectivity index (χ1) is 17.3. The van der Waals surface area contributed by atoms with Crippen LogP contribution in [-0.2, 0) is 4.79 Å². The SMILES string of the molecule is COc1ccc(-c2nc3c4cccc(OCC(C)(F)F)c4nc(NC4CCCCNC4=O)n3n2)cc1. The lowest BCUT2D eigenvalue weighted by molar-refractivity contribution is -0.121. The molecule has 2 aromatic carbocycles. The maximum absolute atomic E-state index is 13.5. The number of alkyl halides is 2. The highest BCUT2D eigenvalue weighted by molar-refractivity contribution is 5.96. The van der Waals surface area contributed by atoms with Crippen LogP contribution >= 0.6 is 0 Å². The summed E-state index contributed by atoms with van der Waals surface area (Å²) >= 11 is 0. The van der Waals surface area contributed by atoms with E-state index in [1.807, 2.05) is 24.3 Å². The second kappa shape index (κ2) is 9.56. The van der Waals surface area contributed by atoms with E-state index in [-0.39, 0.29) is 17.6 Å². The second-order valence-corrected chi connectivity index (χ2v) is 8.83. The summed E-state index contributed by atoms with van der Waals surface area (Å²) in [6.45, 7) is 0.614. The highest BCUT2D eigenvalue weighted by Crippen LogP contribution is 2.31. The topological polar surface area (TPSA) is 103 Å². The lowest BCUT2D eigenvalue weighted by Crippen LogP contribution is -2.38. The molecule has 188 valence electrons. The summed E-state index contributed by atoms with van der Waals surface area (Å²) in [5.74, 6) is -1.54. The Balaban J connectivity index is 1.65. The van der Waals surface area contributed by atoms with Crippen molar-refractivity contribution in [2.24, 2.45) is 0 Å². The molecule has 9 nitrogen and oxygen atoms in total. The zero-order chi connectivity index (χ0) is 25.3. The lowest BCUT2D eigenvalue weighted by Gasteiger charge is -2.18. The van der Waals surface area contributed by atoms with Crippen molar-refractivity contribution in [3.8, 4) is 22.9 Å². The van der Waals surface area contributed by atoms with E-state index in [4.69, 9.17) is 14.5 Å². The highest BCUT2D eigenvalue weighted by atomic mass is 19.3. The van der Waals surface area contributed by atoms with E-state index in [1.165, 1.54) is 4.52 Å². The summed E-state index contributed by atoms with van der Waals surface area (Å²) < 4.78 is 39.3. The smallest absolute Gasteiger partial charge is 0.278 e. The molecule has 1 aliphatic heterocycles. The fraction of sp³-hybridized carbons (Fsp3) is 0.360. The largest absolute Gasteiger partial charge is 0.497 e. The number of rotatable bonds is 7. The number of amides is 1. The first-order valence-corrected chi connectivity index (χ1v) is 11.7. The summed E-state index contributed by atoms with van der Waals surface area (Å²) in [5.41, 5.74) is 1.55. The van der Waals surface area contributed by atoms with E-state index in [2.05, 4.69) is 20.7 Å². The van der Waals surface area contributed by atoms with E-state index < -0.39 is 18.6 Å². The Bertz CT molecular complexity index is 1400. The van der Waals surface area contributed by atoms with Crippen LogP contribution in [0.1, 0.15) is 26.2 Å². The van der Waals surface area contributed by atoms with Crippen molar-refractivity contribution in [2.45, 2.75) is 38.2 Å². The van der Waals surface area contributed by atoms with E-state index in [1.54, 1.807) is 25.3 Å². The van der Waals surface area contributed by atoms with Crippen LogP contribution in [-0.4, -0.2) is 57.7 Å². The number of nitrogens with one attached hydrogen (secondary N) is 2. The minimum Gasteiger partial charge on any atom is -0.497 e. The third-order valence-corrected chi connectivity index (χ3v) is 5.93. The minimum absolute atomic E-state index is 0.131. The summed E-state index contributed by atoms with van der Waals surface area (Å²) in [5, 5.41) is 11.3.